The van der Waals surface area contributed by atoms with E-state index in [-0.39, 0.29) is 10.8 Å². The highest BCUT2D eigenvalue weighted by Crippen LogP contribution is 2.36. The summed E-state index contributed by atoms with van der Waals surface area (Å²) in [4.78, 5) is 14.5. The number of nitrogens with one attached hydrogen (secondary N) is 1. The summed E-state index contributed by atoms with van der Waals surface area (Å²) in [6.45, 7) is 3.16. The van der Waals surface area contributed by atoms with Crippen LogP contribution in [0, 0.1) is 6.92 Å². The molecule has 0 aromatic heterocycles. The molecule has 1 aliphatic rings. The van der Waals surface area contributed by atoms with E-state index in [1.54, 1.807) is 25.1 Å². The van der Waals surface area contributed by atoms with Gasteiger partial charge in [0.05, 0.1) is 18.1 Å². The van der Waals surface area contributed by atoms with Crippen molar-refractivity contribution in [2.24, 2.45) is 0 Å². The maximum absolute atomic E-state index is 13.4. The fourth-order valence-corrected chi connectivity index (χ4v) is 6.33. The highest BCUT2D eigenvalue weighted by molar-refractivity contribution is 8.00. The Morgan fingerprint density at radius 1 is 0.970 bits per heavy atom. The molecule has 1 atom stereocenters. The summed E-state index contributed by atoms with van der Waals surface area (Å²) in [5, 5.41) is 2.44. The molecule has 0 saturated carbocycles. The first-order valence-corrected chi connectivity index (χ1v) is 13.0. The number of anilines is 1. The standard InChI is InChI=1S/C25H26N2O4S2/c1-19-12-13-21(18-23(19)33(29,30)27-14-16-31-17-15-27)26-25(28)24(20-8-4-2-5-9-20)32-22-10-6-3-7-11-22/h2-13,18,24H,14-17H2,1H3,(H,26,28). The Balaban J connectivity index is 1.60. The van der Waals surface area contributed by atoms with Crippen molar-refractivity contribution in [2.45, 2.75) is 22.0 Å². The average molecular weight is 483 g/mol. The number of nitrogens with zero attached hydrogens (tertiary/aromatic N) is 1. The molecule has 1 unspecified atom stereocenters. The molecule has 0 aliphatic carbocycles. The Labute approximate surface area is 199 Å². The van der Waals surface area contributed by atoms with Crippen molar-refractivity contribution in [3.8, 4) is 0 Å². The van der Waals surface area contributed by atoms with E-state index in [1.807, 2.05) is 60.7 Å². The fourth-order valence-electron chi connectivity index (χ4n) is 3.63. The molecule has 172 valence electrons. The van der Waals surface area contributed by atoms with Gasteiger partial charge in [0.1, 0.15) is 5.25 Å². The molecule has 3 aromatic carbocycles. The minimum absolute atomic E-state index is 0.203. The monoisotopic (exact) mass is 482 g/mol. The van der Waals surface area contributed by atoms with Gasteiger partial charge in [0.15, 0.2) is 0 Å². The van der Waals surface area contributed by atoms with Crippen molar-refractivity contribution in [1.82, 2.24) is 4.31 Å². The Morgan fingerprint density at radius 3 is 2.27 bits per heavy atom. The third-order valence-electron chi connectivity index (χ3n) is 5.38. The van der Waals surface area contributed by atoms with Gasteiger partial charge in [-0.1, -0.05) is 54.6 Å². The van der Waals surface area contributed by atoms with Crippen LogP contribution in [0.15, 0.2) is 88.7 Å². The van der Waals surface area contributed by atoms with Crippen LogP contribution >= 0.6 is 11.8 Å². The third-order valence-corrected chi connectivity index (χ3v) is 8.69. The number of hydrogen-bond donors (Lipinski definition) is 1. The predicted octanol–water partition coefficient (Wildman–Crippen LogP) is 4.49. The molecule has 8 heteroatoms. The van der Waals surface area contributed by atoms with Gasteiger partial charge in [-0.05, 0) is 42.3 Å². The lowest BCUT2D eigenvalue weighted by Gasteiger charge is -2.27. The first-order valence-electron chi connectivity index (χ1n) is 10.7. The highest BCUT2D eigenvalue weighted by Gasteiger charge is 2.28. The van der Waals surface area contributed by atoms with Gasteiger partial charge in [0.2, 0.25) is 15.9 Å². The van der Waals surface area contributed by atoms with Crippen molar-refractivity contribution in [3.05, 3.63) is 90.0 Å². The zero-order chi connectivity index (χ0) is 23.3. The highest BCUT2D eigenvalue weighted by atomic mass is 32.2. The van der Waals surface area contributed by atoms with Gasteiger partial charge >= 0.3 is 0 Å². The van der Waals surface area contributed by atoms with E-state index in [1.165, 1.54) is 16.1 Å². The second-order valence-corrected chi connectivity index (χ2v) is 10.8. The summed E-state index contributed by atoms with van der Waals surface area (Å²) in [6, 6.07) is 24.3. The number of sulfonamides is 1. The minimum atomic E-state index is -3.68. The number of ether oxygens (including phenoxy) is 1. The van der Waals surface area contributed by atoms with Crippen LogP contribution in [0.5, 0.6) is 0 Å². The van der Waals surface area contributed by atoms with E-state index in [0.29, 0.717) is 37.6 Å². The zero-order valence-corrected chi connectivity index (χ0v) is 19.9. The summed E-state index contributed by atoms with van der Waals surface area (Å²) in [7, 11) is -3.68. The second kappa shape index (κ2) is 10.5. The first kappa shape index (κ1) is 23.5. The number of thioether (sulfide) groups is 1. The van der Waals surface area contributed by atoms with Crippen molar-refractivity contribution < 1.29 is 17.9 Å². The number of aryl methyl sites for hydroxylation is 1. The van der Waals surface area contributed by atoms with E-state index in [9.17, 15) is 13.2 Å². The molecule has 1 N–H and O–H groups in total. The van der Waals surface area contributed by atoms with E-state index in [2.05, 4.69) is 5.32 Å². The number of carbonyl (C=O) groups is 1. The minimum Gasteiger partial charge on any atom is -0.379 e. The molecule has 3 aromatic rings. The topological polar surface area (TPSA) is 75.7 Å². The van der Waals surface area contributed by atoms with Gasteiger partial charge in [-0.2, -0.15) is 4.31 Å². The van der Waals surface area contributed by atoms with Crippen molar-refractivity contribution in [1.29, 1.82) is 0 Å². The number of rotatable bonds is 7. The van der Waals surface area contributed by atoms with Crippen LogP contribution in [0.2, 0.25) is 0 Å². The molecule has 0 bridgehead atoms. The normalized spacial score (nSPS) is 15.7. The van der Waals surface area contributed by atoms with E-state index in [4.69, 9.17) is 4.74 Å². The van der Waals surface area contributed by atoms with Gasteiger partial charge in [0, 0.05) is 23.7 Å². The molecule has 0 spiro atoms. The largest absolute Gasteiger partial charge is 0.379 e. The number of amides is 1. The molecule has 6 nitrogen and oxygen atoms in total. The predicted molar refractivity (Wildman–Crippen MR) is 131 cm³/mol. The maximum Gasteiger partial charge on any atom is 0.243 e. The first-order chi connectivity index (χ1) is 15.9. The summed E-state index contributed by atoms with van der Waals surface area (Å²) in [5.74, 6) is -0.214. The van der Waals surface area contributed by atoms with E-state index >= 15 is 0 Å². The van der Waals surface area contributed by atoms with Gasteiger partial charge in [-0.15, -0.1) is 11.8 Å². The van der Waals surface area contributed by atoms with Crippen molar-refractivity contribution in [3.63, 3.8) is 0 Å². The molecular weight excluding hydrogens is 456 g/mol. The molecule has 1 aliphatic heterocycles. The Kier molecular flexibility index (Phi) is 7.49. The van der Waals surface area contributed by atoms with Gasteiger partial charge in [0.25, 0.3) is 0 Å². The molecule has 0 radical (unpaired) electrons. The van der Waals surface area contributed by atoms with Crippen molar-refractivity contribution >= 4 is 33.4 Å². The maximum atomic E-state index is 13.4. The molecule has 1 heterocycles. The smallest absolute Gasteiger partial charge is 0.243 e. The summed E-state index contributed by atoms with van der Waals surface area (Å²) < 4.78 is 33.1. The van der Waals surface area contributed by atoms with Crippen LogP contribution in [-0.2, 0) is 19.6 Å². The lowest BCUT2D eigenvalue weighted by atomic mass is 10.1. The Bertz CT molecular complexity index is 1200. The van der Waals surface area contributed by atoms with E-state index < -0.39 is 15.3 Å². The van der Waals surface area contributed by atoms with Crippen LogP contribution in [0.3, 0.4) is 0 Å². The summed E-state index contributed by atoms with van der Waals surface area (Å²) in [6.07, 6.45) is 0. The lowest BCUT2D eigenvalue weighted by molar-refractivity contribution is -0.115. The summed E-state index contributed by atoms with van der Waals surface area (Å²) >= 11 is 1.45. The van der Waals surface area contributed by atoms with Gasteiger partial charge in [-0.3, -0.25) is 4.79 Å². The Morgan fingerprint density at radius 2 is 1.61 bits per heavy atom. The fraction of sp³-hybridized carbons (Fsp3) is 0.240. The van der Waals surface area contributed by atoms with Crippen LogP contribution in [0.1, 0.15) is 16.4 Å². The van der Waals surface area contributed by atoms with Crippen LogP contribution < -0.4 is 5.32 Å². The summed E-state index contributed by atoms with van der Waals surface area (Å²) in [5.41, 5.74) is 1.96. The van der Waals surface area contributed by atoms with Crippen LogP contribution in [0.4, 0.5) is 5.69 Å². The number of carbonyl (C=O) groups excluding carboxylic acids is 1. The van der Waals surface area contributed by atoms with Crippen LogP contribution in [-0.4, -0.2) is 44.9 Å². The SMILES string of the molecule is Cc1ccc(NC(=O)C(Sc2ccccc2)c2ccccc2)cc1S(=O)(=O)N1CCOCC1. The Hall–Kier alpha value is -2.65. The third kappa shape index (κ3) is 5.65. The lowest BCUT2D eigenvalue weighted by Crippen LogP contribution is -2.40. The van der Waals surface area contributed by atoms with E-state index in [0.717, 1.165) is 10.5 Å². The average Bonchev–Trinajstić information content (AvgIpc) is 2.85. The second-order valence-electron chi connectivity index (χ2n) is 7.71. The molecule has 1 fully saturated rings. The molecule has 1 saturated heterocycles. The number of hydrogen-bond acceptors (Lipinski definition) is 5. The molecular formula is C25H26N2O4S2. The molecule has 1 amide bonds. The zero-order valence-electron chi connectivity index (χ0n) is 18.3. The molecule has 33 heavy (non-hydrogen) atoms. The van der Waals surface area contributed by atoms with Gasteiger partial charge in [-0.25, -0.2) is 8.42 Å². The number of morpholine rings is 1. The van der Waals surface area contributed by atoms with Gasteiger partial charge < -0.3 is 10.1 Å². The quantitative estimate of drug-likeness (QED) is 0.502. The van der Waals surface area contributed by atoms with Crippen molar-refractivity contribution in [2.75, 3.05) is 31.6 Å². The number of benzene rings is 3. The molecule has 4 rings (SSSR count). The van der Waals surface area contributed by atoms with Crippen LogP contribution in [0.25, 0.3) is 0 Å².